The zero-order chi connectivity index (χ0) is 52.9. The molecule has 0 aliphatic carbocycles. The molecule has 404 valence electrons. The Labute approximate surface area is 521 Å². The number of nitrogens with zero attached hydrogens (tertiary/aromatic N) is 7. The number of carboxylic acids is 8. The van der Waals surface area contributed by atoms with E-state index in [1.807, 2.05) is 6.92 Å². The predicted molar refractivity (Wildman–Crippen MR) is 227 cm³/mol. The second-order valence-corrected chi connectivity index (χ2v) is 15.9. The topological polar surface area (TPSA) is 405 Å². The third-order valence-electron chi connectivity index (χ3n) is 10.1. The number of ether oxygens (including phenoxy) is 3. The molecule has 3 unspecified atom stereocenters. The first-order chi connectivity index (χ1) is 33.1. The van der Waals surface area contributed by atoms with Crippen LogP contribution in [0.15, 0.2) is 4.99 Å². The van der Waals surface area contributed by atoms with E-state index in [1.54, 1.807) is 0 Å². The standard InChI is InChI=1S/C42H75N9O19.4Na/c1-4-5-11-44-30-70-34(45-31-69-22-10-33(42(66)67)51(18-14-47(3)24-36(54)55)20-16-49(27-39(60)61)28-40(62)63)8-6-7-12-43-29-68-21-9-32(41(64)65)50(17-13-46(2)23-35(52)53)19-15-48(25-37(56)57)26-38(58)59;;;;/h29,32-34,44-45H,2-28,30-31H2,1H3,(H,52,53)(H,54,55)(H,56,57)(H,58,59)(H,60,61)(H,62,63)(H,64,65)(H,66,67);;;;/q-2;4*+1/p-8. The summed E-state index contributed by atoms with van der Waals surface area (Å²) in [5.41, 5.74) is 0. The molecule has 0 fully saturated rings. The number of carbonyl (C=O) groups is 8. The van der Waals surface area contributed by atoms with Gasteiger partial charge in [-0.05, 0) is 51.7 Å². The van der Waals surface area contributed by atoms with Gasteiger partial charge in [0.2, 0.25) is 0 Å². The Kier molecular flexibility index (Phi) is 56.6. The van der Waals surface area contributed by atoms with Crippen LogP contribution in [0.4, 0.5) is 0 Å². The largest absolute Gasteiger partial charge is 1.00 e. The van der Waals surface area contributed by atoms with Crippen molar-refractivity contribution < 1.29 is 212 Å². The molecule has 0 rings (SSSR count). The van der Waals surface area contributed by atoms with Crippen LogP contribution >= 0.6 is 0 Å². The molecule has 32 heteroatoms. The molecule has 0 aliphatic heterocycles. The summed E-state index contributed by atoms with van der Waals surface area (Å²) in [6, 6.07) is -2.66. The Hall–Kier alpha value is -1.17. The molecule has 74 heavy (non-hydrogen) atoms. The number of aliphatic carboxylic acids is 8. The third kappa shape index (κ3) is 46.9. The summed E-state index contributed by atoms with van der Waals surface area (Å²) < 4.78 is 17.0. The normalized spacial score (nSPS) is 12.4. The van der Waals surface area contributed by atoms with Crippen molar-refractivity contribution in [2.24, 2.45) is 4.99 Å². The van der Waals surface area contributed by atoms with E-state index in [-0.39, 0.29) is 210 Å². The van der Waals surface area contributed by atoms with Crippen molar-refractivity contribution in [3.05, 3.63) is 14.1 Å². The zero-order valence-corrected chi connectivity index (χ0v) is 51.7. The number of unbranched alkanes of at least 4 members (excludes halogenated alkanes) is 2. The van der Waals surface area contributed by atoms with Gasteiger partial charge in [-0.2, -0.15) is 0 Å². The van der Waals surface area contributed by atoms with Crippen LogP contribution in [0, 0.1) is 14.1 Å². The summed E-state index contributed by atoms with van der Waals surface area (Å²) >= 11 is 0. The molecule has 0 aliphatic rings. The number of hydrogen-bond donors (Lipinski definition) is 2. The summed E-state index contributed by atoms with van der Waals surface area (Å²) in [6.07, 6.45) is 3.84. The number of rotatable bonds is 49. The van der Waals surface area contributed by atoms with Gasteiger partial charge in [0.15, 0.2) is 6.40 Å². The van der Waals surface area contributed by atoms with Crippen molar-refractivity contribution in [2.75, 3.05) is 131 Å². The van der Waals surface area contributed by atoms with E-state index >= 15 is 0 Å². The van der Waals surface area contributed by atoms with Crippen LogP contribution in [0.3, 0.4) is 0 Å². The molecule has 0 aromatic carbocycles. The summed E-state index contributed by atoms with van der Waals surface area (Å²) in [7, 11) is 7.14. The van der Waals surface area contributed by atoms with Gasteiger partial charge in [-0.15, -0.1) is 0 Å². The molecule has 0 amide bonds. The molecule has 0 heterocycles. The quantitative estimate of drug-likeness (QED) is 0.0143. The number of nitrogens with one attached hydrogen (secondary N) is 2. The molecule has 2 N–H and O–H groups in total. The molecular formula is C42H67N9Na4O19-6. The fraction of sp³-hybridized carbons (Fsp3) is 0.738. The van der Waals surface area contributed by atoms with Crippen LogP contribution in [0.1, 0.15) is 51.9 Å². The first-order valence-corrected chi connectivity index (χ1v) is 22.5. The minimum absolute atomic E-state index is 0. The predicted octanol–water partition coefficient (Wildman–Crippen LogP) is -24.6. The SMILES string of the molecule is [CH2-]N(CCN(CCN(CC(=O)[O-])CC(=O)[O-])C(CCOC=NCCCCC(NCOCCC(C(=O)[O-])N(CCN([CH2-])CC(=O)[O-])CCN(CC(=O)[O-])CC(=O)[O-])OCNCCCC)C(=O)[O-])CC(=O)[O-].[Na+].[Na+].[Na+].[Na+]. The van der Waals surface area contributed by atoms with E-state index in [9.17, 15) is 79.2 Å². The van der Waals surface area contributed by atoms with E-state index in [0.717, 1.165) is 38.8 Å². The van der Waals surface area contributed by atoms with Gasteiger partial charge in [0, 0.05) is 91.5 Å². The van der Waals surface area contributed by atoms with Gasteiger partial charge >= 0.3 is 118 Å². The molecule has 3 atom stereocenters. The molecular weight excluding hydrogens is 1030 g/mol. The maximum absolute atomic E-state index is 12.3. The van der Waals surface area contributed by atoms with Gasteiger partial charge in [-0.25, -0.2) is 0 Å². The van der Waals surface area contributed by atoms with Crippen LogP contribution in [0.25, 0.3) is 0 Å². The minimum atomic E-state index is -1.57. The summed E-state index contributed by atoms with van der Waals surface area (Å²) in [5.74, 6) is -12.2. The molecule has 0 aromatic rings. The second-order valence-electron chi connectivity index (χ2n) is 15.9. The monoisotopic (exact) mass is 1090 g/mol. The van der Waals surface area contributed by atoms with Gasteiger partial charge in [0.1, 0.15) is 6.23 Å². The fourth-order valence-corrected chi connectivity index (χ4v) is 6.57. The Morgan fingerprint density at radius 3 is 1.36 bits per heavy atom. The maximum atomic E-state index is 12.3. The number of hydrogen-bond acceptors (Lipinski definition) is 28. The first-order valence-electron chi connectivity index (χ1n) is 22.5. The Morgan fingerprint density at radius 1 is 0.541 bits per heavy atom. The van der Waals surface area contributed by atoms with E-state index in [4.69, 9.17) is 14.2 Å². The summed E-state index contributed by atoms with van der Waals surface area (Å²) in [6.45, 7) is -2.42. The van der Waals surface area contributed by atoms with E-state index in [0.29, 0.717) is 32.4 Å². The van der Waals surface area contributed by atoms with E-state index in [1.165, 1.54) is 9.80 Å². The van der Waals surface area contributed by atoms with Crippen LogP contribution in [0.2, 0.25) is 0 Å². The van der Waals surface area contributed by atoms with Crippen LogP contribution in [0.5, 0.6) is 0 Å². The first kappa shape index (κ1) is 81.7. The van der Waals surface area contributed by atoms with Crippen molar-refractivity contribution in [2.45, 2.75) is 70.2 Å². The maximum Gasteiger partial charge on any atom is 1.00 e. The molecule has 0 radical (unpaired) electrons. The molecule has 0 saturated heterocycles. The molecule has 28 nitrogen and oxygen atoms in total. The van der Waals surface area contributed by atoms with Gasteiger partial charge in [-0.1, -0.05) is 13.3 Å². The van der Waals surface area contributed by atoms with Gasteiger partial charge in [0.05, 0.1) is 86.5 Å². The Bertz CT molecular complexity index is 1570. The number of carboxylic acid groups (broad SMARTS) is 8. The Balaban J connectivity index is -0.00000397. The van der Waals surface area contributed by atoms with E-state index in [2.05, 4.69) is 29.7 Å². The van der Waals surface area contributed by atoms with E-state index < -0.39 is 105 Å². The fourth-order valence-electron chi connectivity index (χ4n) is 6.57. The van der Waals surface area contributed by atoms with Gasteiger partial charge in [-0.3, -0.25) is 49.3 Å². The number of aliphatic imine (C=N–C) groups is 1. The average Bonchev–Trinajstić information content (AvgIpc) is 3.24. The second kappa shape index (κ2) is 51.3. The van der Waals surface area contributed by atoms with Crippen LogP contribution in [-0.2, 0) is 52.6 Å². The van der Waals surface area contributed by atoms with Crippen molar-refractivity contribution in [1.29, 1.82) is 0 Å². The van der Waals surface area contributed by atoms with Crippen molar-refractivity contribution in [3.63, 3.8) is 0 Å². The van der Waals surface area contributed by atoms with Gasteiger partial charge in [0.25, 0.3) is 0 Å². The molecule has 0 spiro atoms. The summed E-state index contributed by atoms with van der Waals surface area (Å²) in [5, 5.41) is 97.4. The van der Waals surface area contributed by atoms with Crippen molar-refractivity contribution in [3.8, 4) is 0 Å². The molecule has 0 aromatic heterocycles. The third-order valence-corrected chi connectivity index (χ3v) is 10.1. The number of carbonyl (C=O) groups excluding carboxylic acids is 8. The summed E-state index contributed by atoms with van der Waals surface area (Å²) in [4.78, 5) is 102. The van der Waals surface area contributed by atoms with Crippen LogP contribution in [-0.4, -0.2) is 233 Å². The zero-order valence-electron chi connectivity index (χ0n) is 43.7. The molecule has 0 saturated carbocycles. The van der Waals surface area contributed by atoms with Crippen LogP contribution < -0.4 is 170 Å². The molecule has 0 bridgehead atoms. The van der Waals surface area contributed by atoms with Gasteiger partial charge < -0.3 is 103 Å². The minimum Gasteiger partial charge on any atom is -0.549 e. The van der Waals surface area contributed by atoms with Crippen molar-refractivity contribution >= 4 is 54.2 Å². The average molecular weight is 1090 g/mol. The smallest absolute Gasteiger partial charge is 0.549 e. The van der Waals surface area contributed by atoms with Crippen molar-refractivity contribution in [1.82, 2.24) is 40.0 Å². The Morgan fingerprint density at radius 2 is 0.959 bits per heavy atom.